The van der Waals surface area contributed by atoms with E-state index in [1.165, 1.54) is 5.56 Å². The normalized spacial score (nSPS) is 17.6. The summed E-state index contributed by atoms with van der Waals surface area (Å²) in [6.45, 7) is 5.50. The SMILES string of the molecule is CN1CCN(Cc2ccc3c(c2)OCCC3N(C(=O)CC(NS(=O)(=O)c2ccc3ccccc3c2)c2ccccc2)c2ccccc2)CC1. The van der Waals surface area contributed by atoms with Gasteiger partial charge in [-0.2, -0.15) is 0 Å². The zero-order valence-electron chi connectivity index (χ0n) is 27.7. The molecule has 2 aliphatic rings. The van der Waals surface area contributed by atoms with Crippen LogP contribution in [-0.4, -0.2) is 64.0 Å². The van der Waals surface area contributed by atoms with Gasteiger partial charge in [0.2, 0.25) is 15.9 Å². The lowest BCUT2D eigenvalue weighted by Crippen LogP contribution is -2.43. The predicted octanol–water partition coefficient (Wildman–Crippen LogP) is 6.55. The Kier molecular flexibility index (Phi) is 9.77. The van der Waals surface area contributed by atoms with Crippen molar-refractivity contribution in [2.45, 2.75) is 36.4 Å². The number of piperazine rings is 1. The molecule has 0 saturated carbocycles. The summed E-state index contributed by atoms with van der Waals surface area (Å²) in [5, 5.41) is 1.79. The Balaban J connectivity index is 1.18. The first-order valence-electron chi connectivity index (χ1n) is 16.9. The summed E-state index contributed by atoms with van der Waals surface area (Å²) in [7, 11) is -1.82. The van der Waals surface area contributed by atoms with Crippen LogP contribution in [0.3, 0.4) is 0 Å². The number of carbonyl (C=O) groups excluding carboxylic acids is 1. The molecule has 1 N–H and O–H groups in total. The number of para-hydroxylation sites is 1. The maximum absolute atomic E-state index is 14.6. The fourth-order valence-electron chi connectivity index (χ4n) is 6.91. The first kappa shape index (κ1) is 33.0. The van der Waals surface area contributed by atoms with Crippen molar-refractivity contribution in [2.24, 2.45) is 0 Å². The van der Waals surface area contributed by atoms with E-state index in [0.717, 1.165) is 60.5 Å². The van der Waals surface area contributed by atoms with Crippen molar-refractivity contribution in [1.82, 2.24) is 14.5 Å². The molecular weight excluding hydrogens is 633 g/mol. The van der Waals surface area contributed by atoms with Gasteiger partial charge in [-0.15, -0.1) is 0 Å². The number of nitrogens with zero attached hydrogens (tertiary/aromatic N) is 3. The van der Waals surface area contributed by atoms with Crippen molar-refractivity contribution in [1.29, 1.82) is 0 Å². The second kappa shape index (κ2) is 14.5. The molecule has 2 aliphatic heterocycles. The highest BCUT2D eigenvalue weighted by Crippen LogP contribution is 2.40. The van der Waals surface area contributed by atoms with Gasteiger partial charge in [0, 0.05) is 56.8 Å². The summed E-state index contributed by atoms with van der Waals surface area (Å²) in [4.78, 5) is 21.4. The number of likely N-dealkylation sites (N-methyl/N-ethyl adjacent to an activating group) is 1. The molecular formula is C40H42N4O4S. The second-order valence-corrected chi connectivity index (χ2v) is 14.7. The fourth-order valence-corrected chi connectivity index (χ4v) is 8.17. The van der Waals surface area contributed by atoms with E-state index < -0.39 is 16.1 Å². The van der Waals surface area contributed by atoms with Crippen LogP contribution < -0.4 is 14.4 Å². The number of carbonyl (C=O) groups is 1. The van der Waals surface area contributed by atoms with Gasteiger partial charge < -0.3 is 14.5 Å². The minimum atomic E-state index is -3.98. The van der Waals surface area contributed by atoms with E-state index in [9.17, 15) is 13.2 Å². The molecule has 5 aromatic rings. The lowest BCUT2D eigenvalue weighted by Gasteiger charge is -2.37. The third-order valence-electron chi connectivity index (χ3n) is 9.61. The Morgan fingerprint density at radius 1 is 0.837 bits per heavy atom. The van der Waals surface area contributed by atoms with Crippen molar-refractivity contribution in [2.75, 3.05) is 44.7 Å². The van der Waals surface area contributed by atoms with Crippen molar-refractivity contribution in [3.8, 4) is 5.75 Å². The summed E-state index contributed by atoms with van der Waals surface area (Å²) in [6.07, 6.45) is 0.546. The Morgan fingerprint density at radius 3 is 2.29 bits per heavy atom. The number of fused-ring (bicyclic) bond motifs is 2. The van der Waals surface area contributed by atoms with Gasteiger partial charge in [0.05, 0.1) is 23.6 Å². The molecule has 2 heterocycles. The lowest BCUT2D eigenvalue weighted by atomic mass is 9.95. The molecule has 1 saturated heterocycles. The zero-order valence-corrected chi connectivity index (χ0v) is 28.6. The number of nitrogens with one attached hydrogen (secondary N) is 1. The number of hydrogen-bond donors (Lipinski definition) is 1. The zero-order chi connectivity index (χ0) is 33.8. The van der Waals surface area contributed by atoms with Gasteiger partial charge in [-0.25, -0.2) is 13.1 Å². The van der Waals surface area contributed by atoms with Gasteiger partial charge in [-0.1, -0.05) is 91.0 Å². The van der Waals surface area contributed by atoms with E-state index in [0.29, 0.717) is 18.6 Å². The number of benzene rings is 5. The fraction of sp³-hybridized carbons (Fsp3) is 0.275. The Morgan fingerprint density at radius 2 is 1.53 bits per heavy atom. The van der Waals surface area contributed by atoms with E-state index in [1.807, 2.05) is 95.9 Å². The molecule has 0 bridgehead atoms. The molecule has 9 heteroatoms. The third kappa shape index (κ3) is 7.55. The predicted molar refractivity (Wildman–Crippen MR) is 194 cm³/mol. The average molecular weight is 675 g/mol. The number of amides is 1. The molecule has 2 atom stereocenters. The monoisotopic (exact) mass is 674 g/mol. The molecule has 0 aliphatic carbocycles. The quantitative estimate of drug-likeness (QED) is 0.181. The van der Waals surface area contributed by atoms with Crippen molar-refractivity contribution in [3.05, 3.63) is 138 Å². The van der Waals surface area contributed by atoms with Gasteiger partial charge in [-0.3, -0.25) is 9.69 Å². The van der Waals surface area contributed by atoms with Gasteiger partial charge in [-0.05, 0) is 59.3 Å². The van der Waals surface area contributed by atoms with Crippen LogP contribution in [0.2, 0.25) is 0 Å². The number of sulfonamides is 1. The molecule has 2 unspecified atom stereocenters. The van der Waals surface area contributed by atoms with Crippen molar-refractivity contribution < 1.29 is 17.9 Å². The Bertz CT molecular complexity index is 2010. The first-order valence-corrected chi connectivity index (χ1v) is 18.4. The van der Waals surface area contributed by atoms with E-state index >= 15 is 0 Å². The molecule has 0 aromatic heterocycles. The lowest BCUT2D eigenvalue weighted by molar-refractivity contribution is -0.119. The number of ether oxygens (including phenoxy) is 1. The molecule has 252 valence electrons. The molecule has 7 rings (SSSR count). The van der Waals surface area contributed by atoms with Gasteiger partial charge in [0.1, 0.15) is 5.75 Å². The summed E-state index contributed by atoms with van der Waals surface area (Å²) in [5.41, 5.74) is 3.62. The number of rotatable bonds is 10. The van der Waals surface area contributed by atoms with E-state index in [2.05, 4.69) is 39.8 Å². The Labute approximate surface area is 289 Å². The van der Waals surface area contributed by atoms with Crippen LogP contribution in [0.4, 0.5) is 5.69 Å². The molecule has 0 spiro atoms. The summed E-state index contributed by atoms with van der Waals surface area (Å²) >= 11 is 0. The summed E-state index contributed by atoms with van der Waals surface area (Å²) in [6, 6.07) is 37.0. The average Bonchev–Trinajstić information content (AvgIpc) is 3.13. The highest BCUT2D eigenvalue weighted by molar-refractivity contribution is 7.89. The molecule has 1 amide bonds. The van der Waals surface area contributed by atoms with Crippen LogP contribution in [0.5, 0.6) is 5.75 Å². The van der Waals surface area contributed by atoms with Crippen LogP contribution in [0.25, 0.3) is 10.8 Å². The number of hydrogen-bond acceptors (Lipinski definition) is 6. The highest BCUT2D eigenvalue weighted by atomic mass is 32.2. The molecule has 5 aromatic carbocycles. The smallest absolute Gasteiger partial charge is 0.241 e. The maximum Gasteiger partial charge on any atom is 0.241 e. The standard InChI is InChI=1S/C40H42N4O4S/c1-42-21-23-43(24-22-42)29-30-16-19-36-38(20-25-48-39(36)26-30)44(34-14-6-3-7-15-34)40(45)28-37(32-11-4-2-5-12-32)41-49(46,47)35-18-17-31-10-8-9-13-33(31)27-35/h2-19,26-27,37-38,41H,20-25,28-29H2,1H3. The summed E-state index contributed by atoms with van der Waals surface area (Å²) < 4.78 is 36.9. The van der Waals surface area contributed by atoms with Crippen LogP contribution in [0.15, 0.2) is 126 Å². The van der Waals surface area contributed by atoms with Gasteiger partial charge >= 0.3 is 0 Å². The van der Waals surface area contributed by atoms with Crippen LogP contribution >= 0.6 is 0 Å². The third-order valence-corrected chi connectivity index (χ3v) is 11.1. The largest absolute Gasteiger partial charge is 0.493 e. The minimum absolute atomic E-state index is 0.0695. The highest BCUT2D eigenvalue weighted by Gasteiger charge is 2.34. The molecule has 49 heavy (non-hydrogen) atoms. The second-order valence-electron chi connectivity index (χ2n) is 13.0. The molecule has 1 fully saturated rings. The molecule has 8 nitrogen and oxygen atoms in total. The van der Waals surface area contributed by atoms with E-state index in [-0.39, 0.29) is 23.3 Å². The topological polar surface area (TPSA) is 82.2 Å². The maximum atomic E-state index is 14.6. The van der Waals surface area contributed by atoms with Crippen LogP contribution in [-0.2, 0) is 21.4 Å². The molecule has 0 radical (unpaired) electrons. The van der Waals surface area contributed by atoms with E-state index in [1.54, 1.807) is 12.1 Å². The van der Waals surface area contributed by atoms with E-state index in [4.69, 9.17) is 4.74 Å². The van der Waals surface area contributed by atoms with Crippen molar-refractivity contribution >= 4 is 32.4 Å². The van der Waals surface area contributed by atoms with Crippen molar-refractivity contribution in [3.63, 3.8) is 0 Å². The van der Waals surface area contributed by atoms with Gasteiger partial charge in [0.25, 0.3) is 0 Å². The number of anilines is 1. The van der Waals surface area contributed by atoms with Crippen LogP contribution in [0, 0.1) is 0 Å². The van der Waals surface area contributed by atoms with Gasteiger partial charge in [0.15, 0.2) is 0 Å². The summed E-state index contributed by atoms with van der Waals surface area (Å²) in [5.74, 6) is 0.619. The van der Waals surface area contributed by atoms with Crippen LogP contribution in [0.1, 0.15) is 41.6 Å². The first-order chi connectivity index (χ1) is 23.8. The Hall–Kier alpha value is -4.54. The minimum Gasteiger partial charge on any atom is -0.493 e.